The summed E-state index contributed by atoms with van der Waals surface area (Å²) in [5, 5.41) is 6.57. The number of hydrogen-bond acceptors (Lipinski definition) is 8. The van der Waals surface area contributed by atoms with Crippen LogP contribution in [0.2, 0.25) is 0 Å². The quantitative estimate of drug-likeness (QED) is 0.287. The van der Waals surface area contributed by atoms with Crippen LogP contribution >= 0.6 is 0 Å². The van der Waals surface area contributed by atoms with Crippen molar-refractivity contribution in [3.63, 3.8) is 0 Å². The number of Topliss-reactive ketones (excluding diaryl/α,β-unsaturated/α-hetero) is 1. The lowest BCUT2D eigenvalue weighted by atomic mass is 9.67. The van der Waals surface area contributed by atoms with Gasteiger partial charge in [-0.05, 0) is 103 Å². The zero-order chi connectivity index (χ0) is 30.4. The zero-order valence-corrected chi connectivity index (χ0v) is 26.8. The lowest BCUT2D eigenvalue weighted by molar-refractivity contribution is -0.209. The minimum Gasteiger partial charge on any atom is -0.374 e. The Balaban J connectivity index is 1.12. The van der Waals surface area contributed by atoms with Crippen molar-refractivity contribution in [2.75, 3.05) is 53.4 Å². The predicted octanol–water partition coefficient (Wildman–Crippen LogP) is 2.50. The maximum atomic E-state index is 16.2. The third-order valence-electron chi connectivity index (χ3n) is 12.0. The first-order chi connectivity index (χ1) is 21.4. The van der Waals surface area contributed by atoms with Crippen molar-refractivity contribution in [1.29, 1.82) is 0 Å². The summed E-state index contributed by atoms with van der Waals surface area (Å²) in [6.07, 6.45) is 11.7. The van der Waals surface area contributed by atoms with E-state index in [1.54, 1.807) is 0 Å². The summed E-state index contributed by atoms with van der Waals surface area (Å²) >= 11 is 0. The van der Waals surface area contributed by atoms with E-state index in [0.29, 0.717) is 31.0 Å². The third-order valence-corrected chi connectivity index (χ3v) is 12.0. The Morgan fingerprint density at radius 3 is 2.61 bits per heavy atom. The summed E-state index contributed by atoms with van der Waals surface area (Å²) in [7, 11) is 4.08. The molecule has 9 nitrogen and oxygen atoms in total. The summed E-state index contributed by atoms with van der Waals surface area (Å²) in [5.74, 6) is -0.0711. The molecule has 4 heterocycles. The van der Waals surface area contributed by atoms with Gasteiger partial charge in [-0.2, -0.15) is 0 Å². The summed E-state index contributed by atoms with van der Waals surface area (Å²) in [6, 6.07) is -0.704. The Morgan fingerprint density at radius 1 is 0.977 bits per heavy atom. The number of nitrogens with zero attached hydrogens (tertiary/aromatic N) is 3. The molecule has 0 radical (unpaired) electrons. The van der Waals surface area contributed by atoms with Gasteiger partial charge in [0.2, 0.25) is 0 Å². The van der Waals surface area contributed by atoms with Crippen LogP contribution in [0.1, 0.15) is 70.6 Å². The molecule has 7 rings (SSSR count). The summed E-state index contributed by atoms with van der Waals surface area (Å²) < 4.78 is 29.8. The number of unbranched alkanes of at least 4 members (excludes halogenated alkanes) is 1. The molecule has 10 heteroatoms. The summed E-state index contributed by atoms with van der Waals surface area (Å²) in [4.78, 5) is 34.2. The van der Waals surface area contributed by atoms with E-state index in [1.165, 1.54) is 32.1 Å². The number of halogens is 1. The van der Waals surface area contributed by atoms with Gasteiger partial charge < -0.3 is 34.8 Å². The average molecular weight is 616 g/mol. The largest absolute Gasteiger partial charge is 0.374 e. The van der Waals surface area contributed by atoms with E-state index in [9.17, 15) is 9.59 Å². The average Bonchev–Trinajstić information content (AvgIpc) is 3.66. The highest BCUT2D eigenvalue weighted by molar-refractivity contribution is 6.20. The molecule has 0 spiro atoms. The lowest BCUT2D eigenvalue weighted by Gasteiger charge is -2.60. The molecule has 0 bridgehead atoms. The molecule has 2 N–H and O–H groups in total. The van der Waals surface area contributed by atoms with Gasteiger partial charge in [0.15, 0.2) is 5.78 Å². The number of alkyl halides is 1. The Labute approximate surface area is 262 Å². The minimum atomic E-state index is -1.20. The molecule has 0 aromatic heterocycles. The Morgan fingerprint density at radius 2 is 1.80 bits per heavy atom. The first-order valence-electron chi connectivity index (χ1n) is 17.8. The third kappa shape index (κ3) is 5.98. The minimum absolute atomic E-state index is 0.0255. The molecule has 44 heavy (non-hydrogen) atoms. The molecule has 11 unspecified atom stereocenters. The smallest absolute Gasteiger partial charge is 0.256 e. The molecule has 3 saturated carbocycles. The van der Waals surface area contributed by atoms with E-state index in [-0.39, 0.29) is 48.0 Å². The number of amides is 1. The van der Waals surface area contributed by atoms with Crippen molar-refractivity contribution in [3.05, 3.63) is 11.8 Å². The molecule has 3 aliphatic carbocycles. The van der Waals surface area contributed by atoms with Crippen LogP contribution in [0.4, 0.5) is 4.39 Å². The van der Waals surface area contributed by atoms with Crippen LogP contribution in [-0.4, -0.2) is 128 Å². The number of ketones is 1. The number of likely N-dealkylation sites (tertiary alicyclic amines) is 1. The van der Waals surface area contributed by atoms with Crippen molar-refractivity contribution >= 4 is 11.7 Å². The van der Waals surface area contributed by atoms with Gasteiger partial charge in [0, 0.05) is 31.8 Å². The lowest BCUT2D eigenvalue weighted by Crippen LogP contribution is -2.73. The van der Waals surface area contributed by atoms with E-state index in [0.717, 1.165) is 58.3 Å². The van der Waals surface area contributed by atoms with Gasteiger partial charge in [0.05, 0.1) is 48.1 Å². The van der Waals surface area contributed by atoms with Gasteiger partial charge in [-0.25, -0.2) is 4.39 Å². The van der Waals surface area contributed by atoms with Crippen molar-refractivity contribution in [2.45, 2.75) is 119 Å². The normalized spacial score (nSPS) is 41.5. The molecule has 4 aliphatic heterocycles. The van der Waals surface area contributed by atoms with Gasteiger partial charge >= 0.3 is 0 Å². The van der Waals surface area contributed by atoms with Crippen molar-refractivity contribution in [2.24, 2.45) is 17.8 Å². The topological polar surface area (TPSA) is 86.4 Å². The zero-order valence-electron chi connectivity index (χ0n) is 26.8. The molecular weight excluding hydrogens is 561 g/mol. The number of carbonyl (C=O) groups excluding carboxylic acids is 2. The van der Waals surface area contributed by atoms with Crippen molar-refractivity contribution in [3.8, 4) is 0 Å². The van der Waals surface area contributed by atoms with E-state index >= 15 is 4.39 Å². The highest BCUT2D eigenvalue weighted by atomic mass is 19.1. The maximum Gasteiger partial charge on any atom is 0.256 e. The Bertz CT molecular complexity index is 1080. The second-order valence-corrected chi connectivity index (χ2v) is 15.0. The summed E-state index contributed by atoms with van der Waals surface area (Å²) in [5.41, 5.74) is 0.189. The fourth-order valence-corrected chi connectivity index (χ4v) is 9.88. The van der Waals surface area contributed by atoms with Crippen LogP contribution in [0.15, 0.2) is 11.8 Å². The number of morpholine rings is 1. The number of ether oxygens (including phenoxy) is 2. The number of nitrogens with one attached hydrogen (secondary N) is 2. The molecule has 3 saturated heterocycles. The van der Waals surface area contributed by atoms with Crippen molar-refractivity contribution in [1.82, 2.24) is 25.3 Å². The molecule has 7 aliphatic rings. The fraction of sp³-hybridized carbons (Fsp3) is 0.882. The van der Waals surface area contributed by atoms with Crippen LogP contribution in [0.3, 0.4) is 0 Å². The van der Waals surface area contributed by atoms with Gasteiger partial charge in [-0.15, -0.1) is 0 Å². The van der Waals surface area contributed by atoms with E-state index in [4.69, 9.17) is 9.47 Å². The van der Waals surface area contributed by atoms with Crippen LogP contribution in [0.5, 0.6) is 0 Å². The highest BCUT2D eigenvalue weighted by Gasteiger charge is 2.61. The van der Waals surface area contributed by atoms with E-state index < -0.39 is 24.2 Å². The van der Waals surface area contributed by atoms with Gasteiger partial charge in [-0.1, -0.05) is 12.8 Å². The predicted molar refractivity (Wildman–Crippen MR) is 166 cm³/mol. The molecule has 11 atom stereocenters. The SMILES string of the molecule is CN(C)CCCCNC(=O)C1=CN2C3CC4OC5CCCCC5C4CC3OC3C(NCCN4CCCC4)C(F)CC(C1=O)C32. The van der Waals surface area contributed by atoms with Gasteiger partial charge in [0.1, 0.15) is 6.17 Å². The fourth-order valence-electron chi connectivity index (χ4n) is 9.88. The van der Waals surface area contributed by atoms with Crippen LogP contribution in [0, 0.1) is 17.8 Å². The standard InChI is InChI=1S/C34H54FN5O4/c1-38(2)13-6-5-11-37-34(42)24-20-40-26-19-28-22(21-9-3-4-10-27(21)43-28)18-29(26)44-33-30(36-12-16-39-14-7-8-15-39)25(35)17-23(31(33)40)32(24)41/h20-23,25-31,33,36H,3-19H2,1-2H3,(H,37,42). The number of fused-ring (bicyclic) bond motifs is 5. The number of carbonyl (C=O) groups is 2. The second-order valence-electron chi connectivity index (χ2n) is 15.0. The molecule has 246 valence electrons. The maximum absolute atomic E-state index is 16.2. The molecule has 6 fully saturated rings. The Hall–Kier alpha value is -1.59. The first kappa shape index (κ1) is 31.0. The van der Waals surface area contributed by atoms with Crippen LogP contribution in [-0.2, 0) is 19.1 Å². The summed E-state index contributed by atoms with van der Waals surface area (Å²) in [6.45, 7) is 5.32. The number of rotatable bonds is 10. The number of hydrogen-bond donors (Lipinski definition) is 2. The molecule has 0 aromatic rings. The van der Waals surface area contributed by atoms with Crippen LogP contribution < -0.4 is 10.6 Å². The van der Waals surface area contributed by atoms with Crippen molar-refractivity contribution < 1.29 is 23.5 Å². The van der Waals surface area contributed by atoms with Crippen LogP contribution in [0.25, 0.3) is 0 Å². The molecule has 1 amide bonds. The van der Waals surface area contributed by atoms with E-state index in [2.05, 4.69) is 25.3 Å². The van der Waals surface area contributed by atoms with E-state index in [1.807, 2.05) is 20.3 Å². The Kier molecular flexibility index (Phi) is 9.35. The monoisotopic (exact) mass is 615 g/mol. The highest BCUT2D eigenvalue weighted by Crippen LogP contribution is 2.52. The second kappa shape index (κ2) is 13.3. The first-order valence-corrected chi connectivity index (χ1v) is 17.8. The molecule has 0 aromatic carbocycles. The molecular formula is C34H54FN5O4. The van der Waals surface area contributed by atoms with Gasteiger partial charge in [-0.3, -0.25) is 9.59 Å². The van der Waals surface area contributed by atoms with Gasteiger partial charge in [0.25, 0.3) is 5.91 Å².